The van der Waals surface area contributed by atoms with Crippen LogP contribution in [0.2, 0.25) is 5.02 Å². The highest BCUT2D eigenvalue weighted by Crippen LogP contribution is 2.43. The number of nitrogens with one attached hydrogen (secondary N) is 1. The predicted molar refractivity (Wildman–Crippen MR) is 182 cm³/mol. The molecule has 3 aromatic rings. The number of non-ortho nitro benzene ring substituents is 1. The van der Waals surface area contributed by atoms with E-state index in [9.17, 15) is 29.9 Å². The molecular formula is C36H45ClN2O7. The van der Waals surface area contributed by atoms with Gasteiger partial charge in [0.1, 0.15) is 11.5 Å². The van der Waals surface area contributed by atoms with E-state index in [0.29, 0.717) is 22.3 Å². The molecule has 46 heavy (non-hydrogen) atoms. The van der Waals surface area contributed by atoms with Crippen molar-refractivity contribution in [2.24, 2.45) is 0 Å². The molecule has 0 saturated heterocycles. The number of nitrogens with zero attached hydrogens (tertiary/aromatic N) is 1. The number of esters is 1. The zero-order chi connectivity index (χ0) is 35.3. The van der Waals surface area contributed by atoms with Crippen molar-refractivity contribution >= 4 is 34.9 Å². The number of ether oxygens (including phenoxy) is 1. The Bertz CT molecular complexity index is 1650. The Morgan fingerprint density at radius 3 is 1.41 bits per heavy atom. The highest BCUT2D eigenvalue weighted by Gasteiger charge is 2.31. The number of nitro benzene ring substituents is 1. The summed E-state index contributed by atoms with van der Waals surface area (Å²) in [5.74, 6) is -1.60. The molecule has 9 nitrogen and oxygen atoms in total. The number of phenolic OH excluding ortho intramolecular Hbond substituents is 2. The molecule has 0 aliphatic rings. The number of benzene rings is 3. The molecule has 0 unspecified atom stereocenters. The lowest BCUT2D eigenvalue weighted by molar-refractivity contribution is -0.384. The Morgan fingerprint density at radius 2 is 1.07 bits per heavy atom. The van der Waals surface area contributed by atoms with Crippen molar-refractivity contribution in [2.45, 2.75) is 105 Å². The summed E-state index contributed by atoms with van der Waals surface area (Å²) in [5, 5.41) is 36.3. The Hall–Kier alpha value is -4.11. The monoisotopic (exact) mass is 652 g/mol. The molecule has 0 aliphatic carbocycles. The number of carbonyl (C=O) groups is 2. The van der Waals surface area contributed by atoms with Crippen molar-refractivity contribution < 1.29 is 29.5 Å². The highest BCUT2D eigenvalue weighted by atomic mass is 35.5. The average Bonchev–Trinajstić information content (AvgIpc) is 2.87. The Kier molecular flexibility index (Phi) is 9.68. The van der Waals surface area contributed by atoms with Gasteiger partial charge in [-0.25, -0.2) is 4.79 Å². The summed E-state index contributed by atoms with van der Waals surface area (Å²) in [6.07, 6.45) is 0. The Morgan fingerprint density at radius 1 is 0.696 bits per heavy atom. The quantitative estimate of drug-likeness (QED) is 0.108. The largest absolute Gasteiger partial charge is 0.507 e. The number of nitro groups is 1. The van der Waals surface area contributed by atoms with Crippen LogP contribution in [0.1, 0.15) is 126 Å². The van der Waals surface area contributed by atoms with Crippen LogP contribution in [-0.4, -0.2) is 27.0 Å². The third-order valence-electron chi connectivity index (χ3n) is 7.63. The maximum atomic E-state index is 13.8. The van der Waals surface area contributed by atoms with Gasteiger partial charge in [-0.15, -0.1) is 0 Å². The zero-order valence-electron chi connectivity index (χ0n) is 28.7. The first-order valence-corrected chi connectivity index (χ1v) is 15.4. The summed E-state index contributed by atoms with van der Waals surface area (Å²) < 4.78 is 5.75. The zero-order valence-corrected chi connectivity index (χ0v) is 29.5. The summed E-state index contributed by atoms with van der Waals surface area (Å²) in [4.78, 5) is 38.5. The predicted octanol–water partition coefficient (Wildman–Crippen LogP) is 9.32. The molecule has 3 N–H and O–H groups in total. The van der Waals surface area contributed by atoms with Crippen LogP contribution in [0.15, 0.2) is 36.4 Å². The minimum absolute atomic E-state index is 0.0796. The van der Waals surface area contributed by atoms with Gasteiger partial charge in [0.15, 0.2) is 5.75 Å². The standard InChI is InChI=1S/C36H45ClN2O7/c1-33(2,3)22-13-19(14-23(28(22)40)34(4,5)6)31(42)38-27-18-21(39(44)45)17-26(37)30(27)46-32(43)20-15-24(35(7,8)9)29(41)25(16-20)36(10,11)12/h13-18,40-41H,1-12H3,(H,38,42). The van der Waals surface area contributed by atoms with E-state index in [4.69, 9.17) is 16.3 Å². The molecule has 0 spiro atoms. The van der Waals surface area contributed by atoms with Gasteiger partial charge in [0.25, 0.3) is 11.6 Å². The molecule has 1 amide bonds. The minimum Gasteiger partial charge on any atom is -0.507 e. The first kappa shape index (κ1) is 36.4. The topological polar surface area (TPSA) is 139 Å². The van der Waals surface area contributed by atoms with Crippen molar-refractivity contribution in [3.8, 4) is 17.2 Å². The van der Waals surface area contributed by atoms with Gasteiger partial charge >= 0.3 is 5.97 Å². The van der Waals surface area contributed by atoms with Crippen LogP contribution in [0.5, 0.6) is 17.2 Å². The number of hydrogen-bond donors (Lipinski definition) is 3. The van der Waals surface area contributed by atoms with Gasteiger partial charge in [0.2, 0.25) is 0 Å². The SMILES string of the molecule is CC(C)(C)c1cc(C(=O)Nc2cc([N+](=O)[O-])cc(Cl)c2OC(=O)c2cc(C(C)(C)C)c(O)c(C(C)(C)C)c2)cc(C(C)(C)C)c1O. The number of aromatic hydroxyl groups is 2. The van der Waals surface area contributed by atoms with Gasteiger partial charge in [0, 0.05) is 39.9 Å². The normalized spacial score (nSPS) is 12.5. The minimum atomic E-state index is -0.836. The lowest BCUT2D eigenvalue weighted by Gasteiger charge is -2.28. The number of anilines is 1. The van der Waals surface area contributed by atoms with Gasteiger partial charge < -0.3 is 20.3 Å². The highest BCUT2D eigenvalue weighted by molar-refractivity contribution is 6.33. The van der Waals surface area contributed by atoms with Crippen LogP contribution in [0.4, 0.5) is 11.4 Å². The number of hydrogen-bond acceptors (Lipinski definition) is 7. The third kappa shape index (κ3) is 7.81. The summed E-state index contributed by atoms with van der Waals surface area (Å²) in [7, 11) is 0. The number of rotatable bonds is 5. The summed E-state index contributed by atoms with van der Waals surface area (Å²) in [6, 6.07) is 8.34. The molecule has 0 fully saturated rings. The van der Waals surface area contributed by atoms with Crippen LogP contribution >= 0.6 is 11.6 Å². The van der Waals surface area contributed by atoms with Crippen molar-refractivity contribution in [2.75, 3.05) is 5.32 Å². The van der Waals surface area contributed by atoms with Gasteiger partial charge in [-0.2, -0.15) is 0 Å². The van der Waals surface area contributed by atoms with E-state index < -0.39 is 44.1 Å². The second-order valence-corrected chi connectivity index (χ2v) is 16.2. The van der Waals surface area contributed by atoms with Crippen molar-refractivity contribution in [3.05, 3.63) is 84.9 Å². The van der Waals surface area contributed by atoms with Crippen LogP contribution in [0.25, 0.3) is 0 Å². The summed E-state index contributed by atoms with van der Waals surface area (Å²) in [5.41, 5.74) is -0.209. The fraction of sp³-hybridized carbons (Fsp3) is 0.444. The second-order valence-electron chi connectivity index (χ2n) is 15.7. The number of halogens is 1. The van der Waals surface area contributed by atoms with Crippen molar-refractivity contribution in [1.29, 1.82) is 0 Å². The fourth-order valence-corrected chi connectivity index (χ4v) is 5.28. The lowest BCUT2D eigenvalue weighted by atomic mass is 9.78. The molecule has 0 aliphatic heterocycles. The molecular weight excluding hydrogens is 608 g/mol. The smallest absolute Gasteiger partial charge is 0.343 e. The van der Waals surface area contributed by atoms with Crippen LogP contribution in [-0.2, 0) is 21.7 Å². The molecule has 3 aromatic carbocycles. The summed E-state index contributed by atoms with van der Waals surface area (Å²) in [6.45, 7) is 22.9. The number of amides is 1. The van der Waals surface area contributed by atoms with E-state index in [0.717, 1.165) is 12.1 Å². The van der Waals surface area contributed by atoms with Gasteiger partial charge in [-0.1, -0.05) is 94.7 Å². The summed E-state index contributed by atoms with van der Waals surface area (Å²) >= 11 is 6.46. The van der Waals surface area contributed by atoms with E-state index in [1.54, 1.807) is 24.3 Å². The molecule has 10 heteroatoms. The van der Waals surface area contributed by atoms with E-state index in [1.807, 2.05) is 83.1 Å². The van der Waals surface area contributed by atoms with Gasteiger partial charge in [-0.3, -0.25) is 14.9 Å². The van der Waals surface area contributed by atoms with E-state index >= 15 is 0 Å². The van der Waals surface area contributed by atoms with Gasteiger partial charge in [0.05, 0.1) is 21.2 Å². The first-order valence-electron chi connectivity index (χ1n) is 15.0. The molecule has 0 atom stereocenters. The van der Waals surface area contributed by atoms with E-state index in [1.165, 1.54) is 0 Å². The Balaban J connectivity index is 2.18. The molecule has 0 heterocycles. The average molecular weight is 653 g/mol. The van der Waals surface area contributed by atoms with Crippen molar-refractivity contribution in [3.63, 3.8) is 0 Å². The van der Waals surface area contributed by atoms with Crippen LogP contribution in [0, 0.1) is 10.1 Å². The van der Waals surface area contributed by atoms with Crippen LogP contribution in [0.3, 0.4) is 0 Å². The fourth-order valence-electron chi connectivity index (χ4n) is 5.03. The first-order chi connectivity index (χ1) is 20.7. The molecule has 0 radical (unpaired) electrons. The van der Waals surface area contributed by atoms with Gasteiger partial charge in [-0.05, 0) is 45.9 Å². The van der Waals surface area contributed by atoms with Crippen molar-refractivity contribution in [1.82, 2.24) is 0 Å². The molecule has 0 aromatic heterocycles. The maximum absolute atomic E-state index is 13.8. The van der Waals surface area contributed by atoms with E-state index in [2.05, 4.69) is 5.32 Å². The van der Waals surface area contributed by atoms with Crippen LogP contribution < -0.4 is 10.1 Å². The molecule has 3 rings (SSSR count). The Labute approximate surface area is 276 Å². The van der Waals surface area contributed by atoms with E-state index in [-0.39, 0.29) is 39.1 Å². The lowest BCUT2D eigenvalue weighted by Crippen LogP contribution is -2.21. The molecule has 0 saturated carbocycles. The molecule has 0 bridgehead atoms. The number of phenols is 2. The number of carbonyl (C=O) groups excluding carboxylic acids is 2. The third-order valence-corrected chi connectivity index (χ3v) is 7.91. The molecule has 248 valence electrons. The second kappa shape index (κ2) is 12.2. The maximum Gasteiger partial charge on any atom is 0.343 e.